The molecule has 1 rings (SSSR count). The topological polar surface area (TPSA) is 32.9 Å². The molecule has 0 bridgehead atoms. The van der Waals surface area contributed by atoms with Gasteiger partial charge in [-0.3, -0.25) is 4.79 Å². The number of aromatic amines is 1. The van der Waals surface area contributed by atoms with Crippen LogP contribution in [-0.2, 0) is 0 Å². The Labute approximate surface area is 78.0 Å². The maximum absolute atomic E-state index is 11.5. The zero-order chi connectivity index (χ0) is 9.84. The number of carbonyl (C=O) groups excluding carboxylic acids is 1. The minimum atomic E-state index is -0.00880. The monoisotopic (exact) mass is 175 g/mol. The molecule has 0 atom stereocenters. The maximum Gasteiger partial charge on any atom is 0.202 e. The minimum Gasteiger partial charge on any atom is -0.356 e. The van der Waals surface area contributed by atoms with Crippen molar-refractivity contribution in [3.63, 3.8) is 0 Å². The largest absolute Gasteiger partial charge is 0.356 e. The summed E-state index contributed by atoms with van der Waals surface area (Å²) in [5, 5.41) is 0. The van der Waals surface area contributed by atoms with Crippen molar-refractivity contribution in [1.29, 1.82) is 0 Å². The molecular formula is C11H13NO. The lowest BCUT2D eigenvalue weighted by atomic mass is 10.2. The van der Waals surface area contributed by atoms with Gasteiger partial charge in [-0.1, -0.05) is 18.7 Å². The number of aryl methyl sites for hydroxylation is 2. The van der Waals surface area contributed by atoms with E-state index in [1.54, 1.807) is 12.2 Å². The zero-order valence-electron chi connectivity index (χ0n) is 7.92. The first-order chi connectivity index (χ1) is 6.15. The molecule has 1 aromatic heterocycles. The summed E-state index contributed by atoms with van der Waals surface area (Å²) in [5.41, 5.74) is 2.65. The first-order valence-corrected chi connectivity index (χ1v) is 4.15. The highest BCUT2D eigenvalue weighted by molar-refractivity contribution is 6.04. The highest BCUT2D eigenvalue weighted by atomic mass is 16.1. The Hall–Kier alpha value is -1.57. The molecule has 68 valence electrons. The van der Waals surface area contributed by atoms with Gasteiger partial charge in [0.1, 0.15) is 0 Å². The molecule has 0 aliphatic rings. The Bertz CT molecular complexity index is 358. The number of rotatable bonds is 3. The van der Waals surface area contributed by atoms with E-state index in [1.165, 1.54) is 6.08 Å². The Morgan fingerprint density at radius 2 is 2.23 bits per heavy atom. The van der Waals surface area contributed by atoms with E-state index < -0.39 is 0 Å². The fraction of sp³-hybridized carbons (Fsp3) is 0.182. The van der Waals surface area contributed by atoms with Crippen LogP contribution in [0.1, 0.15) is 21.7 Å². The van der Waals surface area contributed by atoms with Crippen LogP contribution in [0.25, 0.3) is 0 Å². The third kappa shape index (κ3) is 2.18. The summed E-state index contributed by atoms with van der Waals surface area (Å²) < 4.78 is 0. The number of hydrogen-bond acceptors (Lipinski definition) is 1. The Morgan fingerprint density at radius 3 is 2.69 bits per heavy atom. The zero-order valence-corrected chi connectivity index (χ0v) is 7.92. The van der Waals surface area contributed by atoms with Gasteiger partial charge >= 0.3 is 0 Å². The standard InChI is InChI=1S/C11H13NO/c1-4-5-6-10(13)11-8(2)7-9(3)12-11/h4-7,12H,1H2,2-3H3/b6-5+. The van der Waals surface area contributed by atoms with Crippen LogP contribution in [0.2, 0.25) is 0 Å². The Balaban J connectivity index is 2.94. The van der Waals surface area contributed by atoms with Gasteiger partial charge in [-0.05, 0) is 31.6 Å². The Kier molecular flexibility index (Phi) is 2.85. The fourth-order valence-corrected chi connectivity index (χ4v) is 1.22. The van der Waals surface area contributed by atoms with Crippen molar-refractivity contribution in [2.75, 3.05) is 0 Å². The quantitative estimate of drug-likeness (QED) is 0.427. The minimum absolute atomic E-state index is 0.00880. The summed E-state index contributed by atoms with van der Waals surface area (Å²) in [4.78, 5) is 14.5. The van der Waals surface area contributed by atoms with Gasteiger partial charge in [-0.2, -0.15) is 0 Å². The lowest BCUT2D eigenvalue weighted by Gasteiger charge is -1.91. The normalized spacial score (nSPS) is 10.6. The van der Waals surface area contributed by atoms with E-state index in [0.29, 0.717) is 5.69 Å². The molecule has 0 saturated heterocycles. The van der Waals surface area contributed by atoms with Crippen LogP contribution >= 0.6 is 0 Å². The summed E-state index contributed by atoms with van der Waals surface area (Å²) in [6, 6.07) is 1.95. The molecule has 0 fully saturated rings. The predicted molar refractivity (Wildman–Crippen MR) is 53.9 cm³/mol. The van der Waals surface area contributed by atoms with Crippen LogP contribution in [0.4, 0.5) is 0 Å². The van der Waals surface area contributed by atoms with Gasteiger partial charge in [0.15, 0.2) is 0 Å². The molecule has 0 aromatic carbocycles. The number of carbonyl (C=O) groups is 1. The molecule has 1 N–H and O–H groups in total. The maximum atomic E-state index is 11.5. The summed E-state index contributed by atoms with van der Waals surface area (Å²) in [6.45, 7) is 7.35. The predicted octanol–water partition coefficient (Wildman–Crippen LogP) is 2.56. The number of aromatic nitrogens is 1. The second kappa shape index (κ2) is 3.90. The van der Waals surface area contributed by atoms with Crippen LogP contribution in [0.5, 0.6) is 0 Å². The molecule has 0 amide bonds. The van der Waals surface area contributed by atoms with Crippen molar-refractivity contribution in [2.24, 2.45) is 0 Å². The molecule has 0 radical (unpaired) electrons. The number of nitrogens with one attached hydrogen (secondary N) is 1. The molecule has 0 aliphatic heterocycles. The lowest BCUT2D eigenvalue weighted by molar-refractivity contribution is 0.104. The molecular weight excluding hydrogens is 162 g/mol. The van der Waals surface area contributed by atoms with Crippen LogP contribution in [0, 0.1) is 13.8 Å². The average molecular weight is 175 g/mol. The SMILES string of the molecule is C=C/C=C/C(=O)c1[nH]c(C)cc1C. The van der Waals surface area contributed by atoms with Gasteiger partial charge in [0, 0.05) is 5.69 Å². The summed E-state index contributed by atoms with van der Waals surface area (Å²) in [7, 11) is 0. The van der Waals surface area contributed by atoms with E-state index in [2.05, 4.69) is 11.6 Å². The van der Waals surface area contributed by atoms with Crippen molar-refractivity contribution in [1.82, 2.24) is 4.98 Å². The van der Waals surface area contributed by atoms with Crippen LogP contribution < -0.4 is 0 Å². The fourth-order valence-electron chi connectivity index (χ4n) is 1.22. The van der Waals surface area contributed by atoms with E-state index in [-0.39, 0.29) is 5.78 Å². The average Bonchev–Trinajstić information content (AvgIpc) is 2.41. The second-order valence-electron chi connectivity index (χ2n) is 2.97. The van der Waals surface area contributed by atoms with Crippen molar-refractivity contribution in [2.45, 2.75) is 13.8 Å². The first kappa shape index (κ1) is 9.52. The molecule has 2 nitrogen and oxygen atoms in total. The van der Waals surface area contributed by atoms with Crippen LogP contribution in [0.3, 0.4) is 0 Å². The van der Waals surface area contributed by atoms with Gasteiger partial charge in [0.2, 0.25) is 5.78 Å². The molecule has 2 heteroatoms. The van der Waals surface area contributed by atoms with Gasteiger partial charge in [-0.25, -0.2) is 0 Å². The number of ketones is 1. The molecule has 0 aliphatic carbocycles. The Morgan fingerprint density at radius 1 is 1.54 bits per heavy atom. The third-order valence-corrected chi connectivity index (χ3v) is 1.78. The molecule has 0 unspecified atom stereocenters. The van der Waals surface area contributed by atoms with Crippen molar-refractivity contribution >= 4 is 5.78 Å². The third-order valence-electron chi connectivity index (χ3n) is 1.78. The lowest BCUT2D eigenvalue weighted by Crippen LogP contribution is -1.96. The highest BCUT2D eigenvalue weighted by Gasteiger charge is 2.07. The van der Waals surface area contributed by atoms with Gasteiger partial charge in [0.25, 0.3) is 0 Å². The van der Waals surface area contributed by atoms with E-state index in [0.717, 1.165) is 11.3 Å². The molecule has 1 heterocycles. The van der Waals surface area contributed by atoms with E-state index in [4.69, 9.17) is 0 Å². The van der Waals surface area contributed by atoms with Crippen molar-refractivity contribution < 1.29 is 4.79 Å². The number of H-pyrrole nitrogens is 1. The van der Waals surface area contributed by atoms with Gasteiger partial charge in [0.05, 0.1) is 5.69 Å². The summed E-state index contributed by atoms with van der Waals surface area (Å²) >= 11 is 0. The van der Waals surface area contributed by atoms with Crippen molar-refractivity contribution in [3.8, 4) is 0 Å². The van der Waals surface area contributed by atoms with Gasteiger partial charge in [-0.15, -0.1) is 0 Å². The summed E-state index contributed by atoms with van der Waals surface area (Å²) in [6.07, 6.45) is 4.73. The van der Waals surface area contributed by atoms with E-state index >= 15 is 0 Å². The smallest absolute Gasteiger partial charge is 0.202 e. The molecule has 0 spiro atoms. The highest BCUT2D eigenvalue weighted by Crippen LogP contribution is 2.09. The number of allylic oxidation sites excluding steroid dienone is 3. The van der Waals surface area contributed by atoms with E-state index in [1.807, 2.05) is 19.9 Å². The van der Waals surface area contributed by atoms with Gasteiger partial charge < -0.3 is 4.98 Å². The summed E-state index contributed by atoms with van der Waals surface area (Å²) in [5.74, 6) is -0.00880. The van der Waals surface area contributed by atoms with Crippen LogP contribution in [-0.4, -0.2) is 10.8 Å². The molecule has 1 aromatic rings. The molecule has 13 heavy (non-hydrogen) atoms. The van der Waals surface area contributed by atoms with E-state index in [9.17, 15) is 4.79 Å². The van der Waals surface area contributed by atoms with Crippen molar-refractivity contribution in [3.05, 3.63) is 47.8 Å². The number of hydrogen-bond donors (Lipinski definition) is 1. The molecule has 0 saturated carbocycles. The second-order valence-corrected chi connectivity index (χ2v) is 2.97. The van der Waals surface area contributed by atoms with Crippen LogP contribution in [0.15, 0.2) is 30.9 Å². The first-order valence-electron chi connectivity index (χ1n) is 4.15.